The van der Waals surface area contributed by atoms with Crippen LogP contribution in [0.4, 0.5) is 0 Å². The second kappa shape index (κ2) is 9.18. The maximum Gasteiger partial charge on any atom is 0.339 e. The number of rotatable bonds is 7. The lowest BCUT2D eigenvalue weighted by Crippen LogP contribution is -2.10. The summed E-state index contributed by atoms with van der Waals surface area (Å²) < 4.78 is 10.2. The first kappa shape index (κ1) is 18.9. The van der Waals surface area contributed by atoms with Crippen LogP contribution in [0.5, 0.6) is 5.75 Å². The van der Waals surface area contributed by atoms with Gasteiger partial charge in [0.1, 0.15) is 5.75 Å². The van der Waals surface area contributed by atoms with Gasteiger partial charge in [-0.2, -0.15) is 0 Å². The van der Waals surface area contributed by atoms with Crippen molar-refractivity contribution >= 4 is 23.3 Å². The van der Waals surface area contributed by atoms with E-state index in [9.17, 15) is 4.79 Å². The van der Waals surface area contributed by atoms with Crippen molar-refractivity contribution in [1.29, 1.82) is 0 Å². The van der Waals surface area contributed by atoms with Gasteiger partial charge in [0.25, 0.3) is 0 Å². The van der Waals surface area contributed by atoms with E-state index >= 15 is 0 Å². The van der Waals surface area contributed by atoms with Crippen LogP contribution in [-0.4, -0.2) is 39.2 Å². The fraction of sp³-hybridized carbons (Fsp3) is 0.250. The fourth-order valence-corrected chi connectivity index (χ4v) is 3.35. The molecule has 2 rings (SSSR count). The van der Waals surface area contributed by atoms with E-state index in [4.69, 9.17) is 9.47 Å². The summed E-state index contributed by atoms with van der Waals surface area (Å²) in [7, 11) is 6.83. The third-order valence-corrected chi connectivity index (χ3v) is 4.64. The summed E-state index contributed by atoms with van der Waals surface area (Å²) in [6, 6.07) is 15.9. The molecule has 2 aromatic rings. The van der Waals surface area contributed by atoms with Gasteiger partial charge in [-0.25, -0.2) is 4.79 Å². The molecule has 0 aliphatic carbocycles. The summed E-state index contributed by atoms with van der Waals surface area (Å²) in [5, 5.41) is 0. The van der Waals surface area contributed by atoms with E-state index in [0.29, 0.717) is 5.57 Å². The summed E-state index contributed by atoms with van der Waals surface area (Å²) in [5.74, 6) is 1.28. The Balaban J connectivity index is 2.28. The van der Waals surface area contributed by atoms with Crippen LogP contribution in [0.2, 0.25) is 0 Å². The van der Waals surface area contributed by atoms with Gasteiger partial charge in [0.2, 0.25) is 0 Å². The van der Waals surface area contributed by atoms with Crippen LogP contribution in [0, 0.1) is 0 Å². The van der Waals surface area contributed by atoms with Crippen LogP contribution in [0.3, 0.4) is 0 Å². The minimum atomic E-state index is -0.344. The number of thioether (sulfide) groups is 1. The highest BCUT2D eigenvalue weighted by atomic mass is 32.2. The summed E-state index contributed by atoms with van der Waals surface area (Å²) in [4.78, 5) is 15.1. The fourth-order valence-electron chi connectivity index (χ4n) is 2.34. The number of hydrogen-bond donors (Lipinski definition) is 0. The largest absolute Gasteiger partial charge is 0.497 e. The molecular weight excluding hydrogens is 334 g/mol. The summed E-state index contributed by atoms with van der Waals surface area (Å²) in [5.41, 5.74) is 2.58. The normalized spacial score (nSPS) is 11.1. The van der Waals surface area contributed by atoms with E-state index in [1.807, 2.05) is 61.5 Å². The zero-order chi connectivity index (χ0) is 18.2. The molecule has 0 aromatic heterocycles. The quantitative estimate of drug-likeness (QED) is 0.424. The highest BCUT2D eigenvalue weighted by Gasteiger charge is 2.16. The number of benzene rings is 2. The number of hydrogen-bond acceptors (Lipinski definition) is 5. The van der Waals surface area contributed by atoms with Gasteiger partial charge in [0.15, 0.2) is 0 Å². The Morgan fingerprint density at radius 1 is 1.12 bits per heavy atom. The molecule has 0 fully saturated rings. The highest BCUT2D eigenvalue weighted by molar-refractivity contribution is 7.98. The smallest absolute Gasteiger partial charge is 0.339 e. The van der Waals surface area contributed by atoms with E-state index < -0.39 is 0 Å². The zero-order valence-corrected chi connectivity index (χ0v) is 15.8. The van der Waals surface area contributed by atoms with Crippen LogP contribution < -0.4 is 4.74 Å². The number of nitrogens with zero attached hydrogens (tertiary/aromatic N) is 1. The SMILES string of the molecule is COC(=O)C(=CN(C)C)c1ccccc1SCc1cccc(OC)c1. The van der Waals surface area contributed by atoms with Gasteiger partial charge >= 0.3 is 5.97 Å². The Kier molecular flexibility index (Phi) is 6.95. The van der Waals surface area contributed by atoms with E-state index in [1.54, 1.807) is 25.1 Å². The molecule has 0 aliphatic heterocycles. The Labute approximate surface area is 153 Å². The molecule has 0 unspecified atom stereocenters. The first-order valence-corrected chi connectivity index (χ1v) is 8.85. The lowest BCUT2D eigenvalue weighted by molar-refractivity contribution is -0.133. The third-order valence-electron chi connectivity index (χ3n) is 3.50. The molecule has 0 amide bonds. The van der Waals surface area contributed by atoms with Crippen LogP contribution in [0.15, 0.2) is 59.6 Å². The molecular formula is C20H23NO3S. The number of ether oxygens (including phenoxy) is 2. The molecule has 0 aliphatic rings. The summed E-state index contributed by atoms with van der Waals surface area (Å²) >= 11 is 1.68. The maximum atomic E-state index is 12.2. The average molecular weight is 357 g/mol. The molecule has 25 heavy (non-hydrogen) atoms. The summed E-state index contributed by atoms with van der Waals surface area (Å²) in [6.45, 7) is 0. The lowest BCUT2D eigenvalue weighted by atomic mass is 10.1. The van der Waals surface area contributed by atoms with Gasteiger partial charge < -0.3 is 14.4 Å². The Morgan fingerprint density at radius 3 is 2.56 bits per heavy atom. The molecule has 0 saturated heterocycles. The van der Waals surface area contributed by atoms with Gasteiger partial charge in [-0.1, -0.05) is 30.3 Å². The van der Waals surface area contributed by atoms with Crippen molar-refractivity contribution in [1.82, 2.24) is 4.90 Å². The third kappa shape index (κ3) is 5.29. The maximum absolute atomic E-state index is 12.2. The molecule has 4 nitrogen and oxygen atoms in total. The van der Waals surface area contributed by atoms with Crippen LogP contribution in [0.25, 0.3) is 5.57 Å². The van der Waals surface area contributed by atoms with E-state index in [0.717, 1.165) is 27.5 Å². The van der Waals surface area contributed by atoms with Crippen molar-refractivity contribution in [3.05, 3.63) is 65.9 Å². The first-order valence-electron chi connectivity index (χ1n) is 7.87. The van der Waals surface area contributed by atoms with Crippen molar-refractivity contribution < 1.29 is 14.3 Å². The molecule has 0 spiro atoms. The minimum Gasteiger partial charge on any atom is -0.497 e. The molecule has 132 valence electrons. The highest BCUT2D eigenvalue weighted by Crippen LogP contribution is 2.32. The second-order valence-corrected chi connectivity index (χ2v) is 6.65. The molecule has 0 radical (unpaired) electrons. The van der Waals surface area contributed by atoms with Crippen LogP contribution >= 0.6 is 11.8 Å². The first-order chi connectivity index (χ1) is 12.0. The molecule has 0 saturated carbocycles. The lowest BCUT2D eigenvalue weighted by Gasteiger charge is -2.14. The van der Waals surface area contributed by atoms with E-state index in [2.05, 4.69) is 6.07 Å². The Bertz CT molecular complexity index is 756. The van der Waals surface area contributed by atoms with Crippen molar-refractivity contribution in [2.75, 3.05) is 28.3 Å². The molecule has 5 heteroatoms. The molecule has 0 N–H and O–H groups in total. The van der Waals surface area contributed by atoms with Crippen LogP contribution in [-0.2, 0) is 15.3 Å². The van der Waals surface area contributed by atoms with Gasteiger partial charge in [0, 0.05) is 36.5 Å². The van der Waals surface area contributed by atoms with Crippen molar-refractivity contribution in [3.8, 4) is 5.75 Å². The molecule has 0 atom stereocenters. The molecule has 0 heterocycles. The average Bonchev–Trinajstić information content (AvgIpc) is 2.64. The standard InChI is InChI=1S/C20H23NO3S/c1-21(2)13-18(20(22)24-4)17-10-5-6-11-19(17)25-14-15-8-7-9-16(12-15)23-3/h5-13H,14H2,1-4H3. The Hall–Kier alpha value is -2.40. The van der Waals surface area contributed by atoms with Gasteiger partial charge in [-0.05, 0) is 23.8 Å². The topological polar surface area (TPSA) is 38.8 Å². The van der Waals surface area contributed by atoms with Gasteiger partial charge in [-0.3, -0.25) is 0 Å². The van der Waals surface area contributed by atoms with Crippen molar-refractivity contribution in [2.24, 2.45) is 0 Å². The second-order valence-electron chi connectivity index (χ2n) is 5.63. The monoisotopic (exact) mass is 357 g/mol. The predicted octanol–water partition coefficient (Wildman–Crippen LogP) is 4.06. The number of esters is 1. The Morgan fingerprint density at radius 2 is 1.88 bits per heavy atom. The van der Waals surface area contributed by atoms with Crippen LogP contribution in [0.1, 0.15) is 11.1 Å². The van der Waals surface area contributed by atoms with E-state index in [-0.39, 0.29) is 5.97 Å². The predicted molar refractivity (Wildman–Crippen MR) is 103 cm³/mol. The number of carbonyl (C=O) groups is 1. The number of methoxy groups -OCH3 is 2. The molecule has 0 bridgehead atoms. The zero-order valence-electron chi connectivity index (χ0n) is 15.0. The van der Waals surface area contributed by atoms with Gasteiger partial charge in [-0.15, -0.1) is 11.8 Å². The summed E-state index contributed by atoms with van der Waals surface area (Å²) in [6.07, 6.45) is 1.79. The number of carbonyl (C=O) groups excluding carboxylic acids is 1. The molecule has 2 aromatic carbocycles. The van der Waals surface area contributed by atoms with Crippen molar-refractivity contribution in [2.45, 2.75) is 10.6 Å². The minimum absolute atomic E-state index is 0.344. The van der Waals surface area contributed by atoms with Crippen molar-refractivity contribution in [3.63, 3.8) is 0 Å². The van der Waals surface area contributed by atoms with Gasteiger partial charge in [0.05, 0.1) is 19.8 Å². The van der Waals surface area contributed by atoms with E-state index in [1.165, 1.54) is 7.11 Å².